The number of carboxylic acids is 1. The van der Waals surface area contributed by atoms with Gasteiger partial charge in [-0.2, -0.15) is 0 Å². The normalized spacial score (nSPS) is 13.3. The van der Waals surface area contributed by atoms with E-state index in [0.717, 1.165) is 17.0 Å². The van der Waals surface area contributed by atoms with Crippen LogP contribution < -0.4 is 4.72 Å². The summed E-state index contributed by atoms with van der Waals surface area (Å²) in [6.45, 7) is 5.13. The Bertz CT molecular complexity index is 776. The molecular formula is C12H14N2O4S3. The molecule has 1 atom stereocenters. The SMILES string of the molecule is Cc1csc(C(C)NS(=O)(=O)c2cc(C(=O)O)sc2C)n1. The van der Waals surface area contributed by atoms with Gasteiger partial charge in [-0.15, -0.1) is 22.7 Å². The molecule has 0 fully saturated rings. The van der Waals surface area contributed by atoms with Crippen LogP contribution in [-0.4, -0.2) is 24.5 Å². The number of thiazole rings is 1. The highest BCUT2D eigenvalue weighted by atomic mass is 32.2. The van der Waals surface area contributed by atoms with Crippen molar-refractivity contribution >= 4 is 38.7 Å². The van der Waals surface area contributed by atoms with Crippen LogP contribution in [0, 0.1) is 13.8 Å². The number of aromatic carboxylic acids is 1. The minimum Gasteiger partial charge on any atom is -0.477 e. The lowest BCUT2D eigenvalue weighted by Crippen LogP contribution is -2.27. The highest BCUT2D eigenvalue weighted by molar-refractivity contribution is 7.89. The summed E-state index contributed by atoms with van der Waals surface area (Å²) in [5.74, 6) is -1.13. The number of aryl methyl sites for hydroxylation is 2. The largest absolute Gasteiger partial charge is 0.477 e. The molecular weight excluding hydrogens is 332 g/mol. The fourth-order valence-corrected chi connectivity index (χ4v) is 5.27. The van der Waals surface area contributed by atoms with Gasteiger partial charge in [-0.25, -0.2) is 22.9 Å². The Morgan fingerprint density at radius 2 is 2.10 bits per heavy atom. The maximum atomic E-state index is 12.4. The lowest BCUT2D eigenvalue weighted by Gasteiger charge is -2.11. The number of carboxylic acid groups (broad SMARTS) is 1. The van der Waals surface area contributed by atoms with Gasteiger partial charge in [-0.3, -0.25) is 0 Å². The fourth-order valence-electron chi connectivity index (χ4n) is 1.76. The fraction of sp³-hybridized carbons (Fsp3) is 0.333. The lowest BCUT2D eigenvalue weighted by atomic mass is 10.4. The molecule has 0 spiro atoms. The number of nitrogens with zero attached hydrogens (tertiary/aromatic N) is 1. The van der Waals surface area contributed by atoms with Crippen LogP contribution in [0.15, 0.2) is 16.3 Å². The van der Waals surface area contributed by atoms with Crippen LogP contribution in [0.2, 0.25) is 0 Å². The molecule has 6 nitrogen and oxygen atoms in total. The van der Waals surface area contributed by atoms with Crippen molar-refractivity contribution in [2.75, 3.05) is 0 Å². The van der Waals surface area contributed by atoms with Crippen LogP contribution >= 0.6 is 22.7 Å². The molecule has 0 amide bonds. The van der Waals surface area contributed by atoms with Gasteiger partial charge in [-0.05, 0) is 26.8 Å². The Morgan fingerprint density at radius 1 is 1.43 bits per heavy atom. The zero-order chi connectivity index (χ0) is 15.8. The molecule has 2 heterocycles. The first kappa shape index (κ1) is 16.1. The smallest absolute Gasteiger partial charge is 0.345 e. The number of hydrogen-bond acceptors (Lipinski definition) is 6. The maximum Gasteiger partial charge on any atom is 0.345 e. The molecule has 0 aliphatic rings. The topological polar surface area (TPSA) is 96.4 Å². The van der Waals surface area contributed by atoms with Gasteiger partial charge in [0.05, 0.1) is 10.9 Å². The molecule has 1 unspecified atom stereocenters. The van der Waals surface area contributed by atoms with E-state index < -0.39 is 22.0 Å². The Hall–Kier alpha value is -1.29. The third-order valence-electron chi connectivity index (χ3n) is 2.71. The van der Waals surface area contributed by atoms with Crippen molar-refractivity contribution in [3.05, 3.63) is 31.9 Å². The van der Waals surface area contributed by atoms with Crippen molar-refractivity contribution in [3.63, 3.8) is 0 Å². The molecule has 21 heavy (non-hydrogen) atoms. The summed E-state index contributed by atoms with van der Waals surface area (Å²) in [7, 11) is -3.78. The zero-order valence-corrected chi connectivity index (χ0v) is 14.0. The molecule has 9 heteroatoms. The predicted molar refractivity (Wildman–Crippen MR) is 81.6 cm³/mol. The average Bonchev–Trinajstić information content (AvgIpc) is 2.95. The summed E-state index contributed by atoms with van der Waals surface area (Å²) in [5.41, 5.74) is 0.834. The van der Waals surface area contributed by atoms with E-state index in [9.17, 15) is 13.2 Å². The van der Waals surface area contributed by atoms with Crippen molar-refractivity contribution in [3.8, 4) is 0 Å². The van der Waals surface area contributed by atoms with Gasteiger partial charge >= 0.3 is 5.97 Å². The number of aromatic nitrogens is 1. The van der Waals surface area contributed by atoms with Gasteiger partial charge in [0.15, 0.2) is 0 Å². The summed E-state index contributed by atoms with van der Waals surface area (Å²) in [5, 5.41) is 11.5. The summed E-state index contributed by atoms with van der Waals surface area (Å²) >= 11 is 2.32. The molecule has 0 aromatic carbocycles. The van der Waals surface area contributed by atoms with Crippen molar-refractivity contribution in [1.29, 1.82) is 0 Å². The molecule has 0 bridgehead atoms. The van der Waals surface area contributed by atoms with Crippen molar-refractivity contribution in [1.82, 2.24) is 9.71 Å². The van der Waals surface area contributed by atoms with E-state index in [-0.39, 0.29) is 9.77 Å². The van der Waals surface area contributed by atoms with Crippen molar-refractivity contribution < 1.29 is 18.3 Å². The van der Waals surface area contributed by atoms with Gasteiger partial charge in [0, 0.05) is 16.0 Å². The monoisotopic (exact) mass is 346 g/mol. The van der Waals surface area contributed by atoms with E-state index in [1.807, 2.05) is 12.3 Å². The van der Waals surface area contributed by atoms with Gasteiger partial charge in [0.1, 0.15) is 9.88 Å². The summed E-state index contributed by atoms with van der Waals surface area (Å²) in [6, 6.07) is 0.714. The molecule has 2 N–H and O–H groups in total. The summed E-state index contributed by atoms with van der Waals surface area (Å²) < 4.78 is 27.2. The Morgan fingerprint density at radius 3 is 2.57 bits per heavy atom. The molecule has 0 saturated carbocycles. The Kier molecular flexibility index (Phi) is 4.47. The van der Waals surface area contributed by atoms with E-state index in [2.05, 4.69) is 9.71 Å². The second kappa shape index (κ2) is 5.84. The first-order chi connectivity index (χ1) is 9.70. The number of sulfonamides is 1. The molecule has 2 aromatic heterocycles. The van der Waals surface area contributed by atoms with E-state index in [4.69, 9.17) is 5.11 Å². The van der Waals surface area contributed by atoms with Gasteiger partial charge in [0.2, 0.25) is 10.0 Å². The van der Waals surface area contributed by atoms with E-state index in [0.29, 0.717) is 9.88 Å². The number of hydrogen-bond donors (Lipinski definition) is 2. The van der Waals surface area contributed by atoms with Crippen LogP contribution in [0.3, 0.4) is 0 Å². The minimum atomic E-state index is -3.78. The second-order valence-corrected chi connectivity index (χ2v) is 8.33. The minimum absolute atomic E-state index is 0.00466. The summed E-state index contributed by atoms with van der Waals surface area (Å²) in [6.07, 6.45) is 0. The Labute approximate surface area is 130 Å². The highest BCUT2D eigenvalue weighted by Gasteiger charge is 2.25. The molecule has 0 saturated heterocycles. The molecule has 0 aliphatic carbocycles. The van der Waals surface area contributed by atoms with Gasteiger partial charge < -0.3 is 5.11 Å². The summed E-state index contributed by atoms with van der Waals surface area (Å²) in [4.78, 5) is 15.6. The number of nitrogens with one attached hydrogen (secondary N) is 1. The zero-order valence-electron chi connectivity index (χ0n) is 11.6. The maximum absolute atomic E-state index is 12.4. The first-order valence-electron chi connectivity index (χ1n) is 5.99. The van der Waals surface area contributed by atoms with Crippen LogP contribution in [0.4, 0.5) is 0 Å². The van der Waals surface area contributed by atoms with E-state index in [1.54, 1.807) is 13.8 Å². The third-order valence-corrected chi connectivity index (χ3v) is 6.69. The lowest BCUT2D eigenvalue weighted by molar-refractivity contribution is 0.0702. The van der Waals surface area contributed by atoms with Crippen molar-refractivity contribution in [2.24, 2.45) is 0 Å². The number of carbonyl (C=O) groups is 1. The second-order valence-electron chi connectivity index (χ2n) is 4.51. The van der Waals surface area contributed by atoms with Crippen molar-refractivity contribution in [2.45, 2.75) is 31.7 Å². The van der Waals surface area contributed by atoms with Crippen LogP contribution in [0.25, 0.3) is 0 Å². The van der Waals surface area contributed by atoms with Crippen LogP contribution in [0.5, 0.6) is 0 Å². The molecule has 2 rings (SSSR count). The highest BCUT2D eigenvalue weighted by Crippen LogP contribution is 2.27. The van der Waals surface area contributed by atoms with Gasteiger partial charge in [-0.1, -0.05) is 0 Å². The predicted octanol–water partition coefficient (Wildman–Crippen LogP) is 2.56. The molecule has 2 aromatic rings. The van der Waals surface area contributed by atoms with E-state index in [1.165, 1.54) is 17.4 Å². The molecule has 0 aliphatic heterocycles. The standard InChI is InChI=1S/C12H14N2O4S3/c1-6-5-19-11(13-6)7(2)14-21(17,18)10-4-9(12(15)16)20-8(10)3/h4-5,7,14H,1-3H3,(H,15,16). The van der Waals surface area contributed by atoms with Crippen LogP contribution in [-0.2, 0) is 10.0 Å². The van der Waals surface area contributed by atoms with E-state index >= 15 is 0 Å². The first-order valence-corrected chi connectivity index (χ1v) is 9.16. The molecule has 0 radical (unpaired) electrons. The van der Waals surface area contributed by atoms with Gasteiger partial charge in [0.25, 0.3) is 0 Å². The van der Waals surface area contributed by atoms with Crippen LogP contribution in [0.1, 0.15) is 38.2 Å². The number of rotatable bonds is 5. The quantitative estimate of drug-likeness (QED) is 0.867. The Balaban J connectivity index is 2.28. The third kappa shape index (κ3) is 3.49. The average molecular weight is 346 g/mol. The number of thiophene rings is 1. The molecule has 114 valence electrons.